The second-order valence-corrected chi connectivity index (χ2v) is 6.80. The number of halogens is 3. The van der Waals surface area contributed by atoms with Crippen molar-refractivity contribution in [1.29, 1.82) is 0 Å². The van der Waals surface area contributed by atoms with Crippen LogP contribution in [-0.4, -0.2) is 39.0 Å². The summed E-state index contributed by atoms with van der Waals surface area (Å²) in [5, 5.41) is 0. The van der Waals surface area contributed by atoms with E-state index in [4.69, 9.17) is 4.74 Å². The van der Waals surface area contributed by atoms with Gasteiger partial charge in [-0.1, -0.05) is 0 Å². The summed E-state index contributed by atoms with van der Waals surface area (Å²) in [5.74, 6) is 0. The highest BCUT2D eigenvalue weighted by Gasteiger charge is 2.32. The largest absolute Gasteiger partial charge is 0.416 e. The molecule has 2 rings (SSSR count). The van der Waals surface area contributed by atoms with E-state index >= 15 is 0 Å². The SMILES string of the molecule is COC1CCN(S(=O)(=O)c2ccc(C(F)(F)F)cc2)CC1. The van der Waals surface area contributed by atoms with E-state index in [-0.39, 0.29) is 11.0 Å². The van der Waals surface area contributed by atoms with Crippen LogP contribution in [0, 0.1) is 0 Å². The van der Waals surface area contributed by atoms with E-state index in [0.717, 1.165) is 24.3 Å². The first kappa shape index (κ1) is 16.3. The van der Waals surface area contributed by atoms with Crippen LogP contribution < -0.4 is 0 Å². The molecule has 1 saturated heterocycles. The summed E-state index contributed by atoms with van der Waals surface area (Å²) in [5.41, 5.74) is -0.862. The van der Waals surface area contributed by atoms with E-state index in [1.807, 2.05) is 0 Å². The zero-order chi connectivity index (χ0) is 15.7. The highest BCUT2D eigenvalue weighted by Crippen LogP contribution is 2.30. The Labute approximate surface area is 121 Å². The maximum atomic E-state index is 12.5. The van der Waals surface area contributed by atoms with Crippen LogP contribution in [0.5, 0.6) is 0 Å². The van der Waals surface area contributed by atoms with E-state index in [9.17, 15) is 21.6 Å². The molecule has 0 atom stereocenters. The van der Waals surface area contributed by atoms with Gasteiger partial charge in [0.2, 0.25) is 10.0 Å². The predicted molar refractivity (Wildman–Crippen MR) is 70.2 cm³/mol. The maximum absolute atomic E-state index is 12.5. The van der Waals surface area contributed by atoms with Gasteiger partial charge in [0.1, 0.15) is 0 Å². The van der Waals surface area contributed by atoms with Gasteiger partial charge in [-0.05, 0) is 37.1 Å². The molecule has 1 aliphatic rings. The van der Waals surface area contributed by atoms with Gasteiger partial charge in [-0.2, -0.15) is 17.5 Å². The smallest absolute Gasteiger partial charge is 0.381 e. The first-order valence-corrected chi connectivity index (χ1v) is 7.89. The minimum absolute atomic E-state index is 0.0315. The van der Waals surface area contributed by atoms with Crippen molar-refractivity contribution in [2.45, 2.75) is 30.0 Å². The lowest BCUT2D eigenvalue weighted by atomic mass is 10.1. The van der Waals surface area contributed by atoms with Crippen LogP contribution in [0.4, 0.5) is 13.2 Å². The van der Waals surface area contributed by atoms with Crippen molar-refractivity contribution in [2.75, 3.05) is 20.2 Å². The number of hydrogen-bond acceptors (Lipinski definition) is 3. The molecule has 118 valence electrons. The Morgan fingerprint density at radius 2 is 1.67 bits per heavy atom. The van der Waals surface area contributed by atoms with Crippen LogP contribution in [0.2, 0.25) is 0 Å². The predicted octanol–water partition coefficient (Wildman–Crippen LogP) is 2.50. The van der Waals surface area contributed by atoms with Gasteiger partial charge < -0.3 is 4.74 Å². The average Bonchev–Trinajstić information content (AvgIpc) is 2.46. The van der Waals surface area contributed by atoms with E-state index < -0.39 is 21.8 Å². The Kier molecular flexibility index (Phi) is 4.60. The van der Waals surface area contributed by atoms with Crippen LogP contribution >= 0.6 is 0 Å². The van der Waals surface area contributed by atoms with Crippen LogP contribution in [0.1, 0.15) is 18.4 Å². The molecule has 8 heteroatoms. The van der Waals surface area contributed by atoms with Crippen molar-refractivity contribution in [2.24, 2.45) is 0 Å². The van der Waals surface area contributed by atoms with Gasteiger partial charge in [-0.15, -0.1) is 0 Å². The van der Waals surface area contributed by atoms with Gasteiger partial charge >= 0.3 is 6.18 Å². The summed E-state index contributed by atoms with van der Waals surface area (Å²) in [6, 6.07) is 3.57. The zero-order valence-corrected chi connectivity index (χ0v) is 12.2. The normalized spacial score (nSPS) is 18.9. The highest BCUT2D eigenvalue weighted by molar-refractivity contribution is 7.89. The first-order chi connectivity index (χ1) is 9.75. The van der Waals surface area contributed by atoms with Crippen LogP contribution in [0.3, 0.4) is 0 Å². The molecule has 0 N–H and O–H groups in total. The van der Waals surface area contributed by atoms with Crippen molar-refractivity contribution in [3.8, 4) is 0 Å². The number of piperidine rings is 1. The lowest BCUT2D eigenvalue weighted by molar-refractivity contribution is -0.137. The molecule has 0 saturated carbocycles. The Bertz CT molecular complexity index is 576. The molecule has 0 unspecified atom stereocenters. The quantitative estimate of drug-likeness (QED) is 0.859. The third-order valence-electron chi connectivity index (χ3n) is 3.55. The molecule has 0 amide bonds. The van der Waals surface area contributed by atoms with Crippen LogP contribution in [0.25, 0.3) is 0 Å². The minimum Gasteiger partial charge on any atom is -0.381 e. The van der Waals surface area contributed by atoms with Crippen molar-refractivity contribution >= 4 is 10.0 Å². The molecular weight excluding hydrogens is 307 g/mol. The van der Waals surface area contributed by atoms with E-state index in [1.54, 1.807) is 7.11 Å². The molecule has 1 aromatic carbocycles. The number of nitrogens with zero attached hydrogens (tertiary/aromatic N) is 1. The molecule has 0 spiro atoms. The van der Waals surface area contributed by atoms with Crippen molar-refractivity contribution < 1.29 is 26.3 Å². The van der Waals surface area contributed by atoms with Gasteiger partial charge in [0.25, 0.3) is 0 Å². The average molecular weight is 323 g/mol. The lowest BCUT2D eigenvalue weighted by Gasteiger charge is -2.30. The number of alkyl halides is 3. The Balaban J connectivity index is 2.17. The number of methoxy groups -OCH3 is 1. The maximum Gasteiger partial charge on any atom is 0.416 e. The summed E-state index contributed by atoms with van der Waals surface area (Å²) in [4.78, 5) is -0.119. The van der Waals surface area contributed by atoms with E-state index in [2.05, 4.69) is 0 Å². The van der Waals surface area contributed by atoms with Gasteiger partial charge in [-0.25, -0.2) is 8.42 Å². The van der Waals surface area contributed by atoms with Gasteiger partial charge in [-0.3, -0.25) is 0 Å². The number of benzene rings is 1. The van der Waals surface area contributed by atoms with Gasteiger partial charge in [0.15, 0.2) is 0 Å². The second kappa shape index (κ2) is 5.94. The van der Waals surface area contributed by atoms with Crippen LogP contribution in [-0.2, 0) is 20.9 Å². The molecule has 0 aliphatic carbocycles. The first-order valence-electron chi connectivity index (χ1n) is 6.45. The van der Waals surface area contributed by atoms with E-state index in [1.165, 1.54) is 4.31 Å². The summed E-state index contributed by atoms with van der Waals surface area (Å²) in [6.07, 6.45) is -3.28. The Morgan fingerprint density at radius 1 is 1.14 bits per heavy atom. The molecule has 21 heavy (non-hydrogen) atoms. The summed E-state index contributed by atoms with van der Waals surface area (Å²) < 4.78 is 68.6. The topological polar surface area (TPSA) is 46.6 Å². The zero-order valence-electron chi connectivity index (χ0n) is 11.4. The monoisotopic (exact) mass is 323 g/mol. The Morgan fingerprint density at radius 3 is 2.10 bits per heavy atom. The fourth-order valence-electron chi connectivity index (χ4n) is 2.27. The molecular formula is C13H16F3NO3S. The standard InChI is InChI=1S/C13H16F3NO3S/c1-20-11-6-8-17(9-7-11)21(18,19)12-4-2-10(3-5-12)13(14,15)16/h2-5,11H,6-9H2,1H3. The molecule has 0 aromatic heterocycles. The number of hydrogen-bond donors (Lipinski definition) is 0. The molecule has 1 aliphatic heterocycles. The lowest BCUT2D eigenvalue weighted by Crippen LogP contribution is -2.40. The molecule has 0 radical (unpaired) electrons. The highest BCUT2D eigenvalue weighted by atomic mass is 32.2. The number of rotatable bonds is 3. The fraction of sp³-hybridized carbons (Fsp3) is 0.538. The van der Waals surface area contributed by atoms with Gasteiger partial charge in [0.05, 0.1) is 16.6 Å². The van der Waals surface area contributed by atoms with Crippen molar-refractivity contribution in [3.05, 3.63) is 29.8 Å². The molecule has 1 fully saturated rings. The summed E-state index contributed by atoms with van der Waals surface area (Å²) >= 11 is 0. The minimum atomic E-state index is -4.47. The number of sulfonamides is 1. The fourth-order valence-corrected chi connectivity index (χ4v) is 3.74. The van der Waals surface area contributed by atoms with E-state index in [0.29, 0.717) is 25.9 Å². The van der Waals surface area contributed by atoms with Gasteiger partial charge in [0, 0.05) is 20.2 Å². The second-order valence-electron chi connectivity index (χ2n) is 4.86. The third kappa shape index (κ3) is 3.56. The Hall–Kier alpha value is -1.12. The molecule has 0 bridgehead atoms. The summed E-state index contributed by atoms with van der Waals surface area (Å²) in [7, 11) is -2.17. The van der Waals surface area contributed by atoms with Crippen molar-refractivity contribution in [3.63, 3.8) is 0 Å². The van der Waals surface area contributed by atoms with Crippen LogP contribution in [0.15, 0.2) is 29.2 Å². The summed E-state index contributed by atoms with van der Waals surface area (Å²) in [6.45, 7) is 0.615. The molecule has 1 heterocycles. The number of ether oxygens (including phenoxy) is 1. The molecule has 1 aromatic rings. The molecule has 4 nitrogen and oxygen atoms in total. The van der Waals surface area contributed by atoms with Crippen molar-refractivity contribution in [1.82, 2.24) is 4.31 Å². The third-order valence-corrected chi connectivity index (χ3v) is 5.47.